The molecule has 1 aromatic carbocycles. The van der Waals surface area contributed by atoms with Gasteiger partial charge < -0.3 is 10.2 Å². The predicted octanol–water partition coefficient (Wildman–Crippen LogP) is 4.65. The number of halogens is 1. The van der Waals surface area contributed by atoms with Crippen LogP contribution in [-0.2, 0) is 6.54 Å². The lowest BCUT2D eigenvalue weighted by atomic mass is 10.4. The first-order chi connectivity index (χ1) is 11.7. The first kappa shape index (κ1) is 22.2. The molecule has 0 aliphatic heterocycles. The maximum absolute atomic E-state index is 4.74. The van der Waals surface area contributed by atoms with Gasteiger partial charge >= 0.3 is 0 Å². The lowest BCUT2D eigenvalue weighted by Gasteiger charge is -2.21. The minimum absolute atomic E-state index is 0. The smallest absolute Gasteiger partial charge is 0.194 e. The van der Waals surface area contributed by atoms with E-state index in [0.29, 0.717) is 0 Å². The van der Waals surface area contributed by atoms with E-state index in [1.807, 2.05) is 18.7 Å². The van der Waals surface area contributed by atoms with E-state index >= 15 is 0 Å². The van der Waals surface area contributed by atoms with E-state index in [1.54, 1.807) is 11.3 Å². The van der Waals surface area contributed by atoms with Crippen LogP contribution in [0.2, 0.25) is 0 Å². The summed E-state index contributed by atoms with van der Waals surface area (Å²) in [7, 11) is 2.06. The average Bonchev–Trinajstić information content (AvgIpc) is 2.99. The fraction of sp³-hybridized carbons (Fsp3) is 0.444. The van der Waals surface area contributed by atoms with Gasteiger partial charge in [0.15, 0.2) is 5.96 Å². The Morgan fingerprint density at radius 2 is 2.08 bits per heavy atom. The fourth-order valence-electron chi connectivity index (χ4n) is 2.22. The van der Waals surface area contributed by atoms with Crippen molar-refractivity contribution in [1.82, 2.24) is 15.2 Å². The molecule has 0 amide bonds. The SMILES string of the molecule is CCNC(=NCCCSc1ccccc1)N(C)Cc1csc(C)n1.I. The molecule has 0 atom stereocenters. The van der Waals surface area contributed by atoms with Crippen LogP contribution in [0.15, 0.2) is 45.6 Å². The molecule has 138 valence electrons. The van der Waals surface area contributed by atoms with Gasteiger partial charge in [-0.3, -0.25) is 4.99 Å². The molecule has 1 N–H and O–H groups in total. The van der Waals surface area contributed by atoms with Crippen molar-refractivity contribution in [3.63, 3.8) is 0 Å². The average molecular weight is 490 g/mol. The Labute approximate surface area is 176 Å². The molecule has 0 aliphatic rings. The maximum atomic E-state index is 4.74. The number of thiazole rings is 1. The maximum Gasteiger partial charge on any atom is 0.194 e. The van der Waals surface area contributed by atoms with Crippen molar-refractivity contribution in [2.75, 3.05) is 25.9 Å². The van der Waals surface area contributed by atoms with E-state index in [-0.39, 0.29) is 24.0 Å². The summed E-state index contributed by atoms with van der Waals surface area (Å²) in [4.78, 5) is 12.7. The zero-order valence-corrected chi connectivity index (χ0v) is 19.0. The molecule has 2 rings (SSSR count). The highest BCUT2D eigenvalue weighted by atomic mass is 127. The molecule has 0 unspecified atom stereocenters. The number of benzene rings is 1. The fourth-order valence-corrected chi connectivity index (χ4v) is 3.69. The number of thioether (sulfide) groups is 1. The molecule has 0 fully saturated rings. The highest BCUT2D eigenvalue weighted by Gasteiger charge is 2.08. The molecular weight excluding hydrogens is 463 g/mol. The third-order valence-corrected chi connectivity index (χ3v) is 5.26. The first-order valence-electron chi connectivity index (χ1n) is 8.27. The van der Waals surface area contributed by atoms with E-state index in [1.165, 1.54) is 4.90 Å². The molecule has 1 heterocycles. The van der Waals surface area contributed by atoms with Crippen LogP contribution in [0.1, 0.15) is 24.0 Å². The van der Waals surface area contributed by atoms with Crippen LogP contribution in [0.3, 0.4) is 0 Å². The van der Waals surface area contributed by atoms with Gasteiger partial charge in [0.1, 0.15) is 0 Å². The second-order valence-corrected chi connectivity index (χ2v) is 7.70. The molecule has 1 aromatic heterocycles. The van der Waals surface area contributed by atoms with Crippen molar-refractivity contribution in [2.45, 2.75) is 31.7 Å². The molecular formula is C18H27IN4S2. The number of hydrogen-bond acceptors (Lipinski definition) is 4. The van der Waals surface area contributed by atoms with Crippen molar-refractivity contribution >= 4 is 53.0 Å². The zero-order chi connectivity index (χ0) is 17.2. The topological polar surface area (TPSA) is 40.5 Å². The van der Waals surface area contributed by atoms with Crippen LogP contribution in [0.5, 0.6) is 0 Å². The molecule has 0 saturated heterocycles. The Bertz CT molecular complexity index is 631. The van der Waals surface area contributed by atoms with Crippen LogP contribution < -0.4 is 5.32 Å². The Kier molecular flexibility index (Phi) is 11.2. The van der Waals surface area contributed by atoms with Crippen LogP contribution in [0.25, 0.3) is 0 Å². The third kappa shape index (κ3) is 8.42. The number of aliphatic imine (C=N–C) groups is 1. The summed E-state index contributed by atoms with van der Waals surface area (Å²) in [5.74, 6) is 2.04. The molecule has 7 heteroatoms. The lowest BCUT2D eigenvalue weighted by Crippen LogP contribution is -2.38. The van der Waals surface area contributed by atoms with Crippen LogP contribution >= 0.6 is 47.1 Å². The largest absolute Gasteiger partial charge is 0.357 e. The molecule has 4 nitrogen and oxygen atoms in total. The third-order valence-electron chi connectivity index (χ3n) is 3.34. The molecule has 25 heavy (non-hydrogen) atoms. The first-order valence-corrected chi connectivity index (χ1v) is 10.1. The Morgan fingerprint density at radius 1 is 1.32 bits per heavy atom. The molecule has 0 radical (unpaired) electrons. The molecule has 0 aliphatic carbocycles. The number of nitrogens with zero attached hydrogens (tertiary/aromatic N) is 3. The molecule has 0 saturated carbocycles. The number of aryl methyl sites for hydroxylation is 1. The van der Waals surface area contributed by atoms with Gasteiger partial charge in [-0.25, -0.2) is 4.98 Å². The quantitative estimate of drug-likeness (QED) is 0.192. The summed E-state index contributed by atoms with van der Waals surface area (Å²) in [6.45, 7) is 6.63. The van der Waals surface area contributed by atoms with Crippen molar-refractivity contribution in [3.05, 3.63) is 46.4 Å². The second kappa shape index (κ2) is 12.5. The van der Waals surface area contributed by atoms with Gasteiger partial charge in [-0.2, -0.15) is 0 Å². The number of rotatable bonds is 8. The van der Waals surface area contributed by atoms with Crippen molar-refractivity contribution in [2.24, 2.45) is 4.99 Å². The minimum Gasteiger partial charge on any atom is -0.357 e. The van der Waals surface area contributed by atoms with E-state index < -0.39 is 0 Å². The van der Waals surface area contributed by atoms with Gasteiger partial charge in [0.25, 0.3) is 0 Å². The Morgan fingerprint density at radius 3 is 2.72 bits per heavy atom. The van der Waals surface area contributed by atoms with Crippen molar-refractivity contribution in [1.29, 1.82) is 0 Å². The number of guanidine groups is 1. The number of nitrogens with one attached hydrogen (secondary N) is 1. The standard InChI is InChI=1S/C18H26N4S2.HI/c1-4-19-18(22(3)13-16-14-24-15(2)21-16)20-11-8-12-23-17-9-6-5-7-10-17;/h5-7,9-10,14H,4,8,11-13H2,1-3H3,(H,19,20);1H. The van der Waals surface area contributed by atoms with E-state index in [0.717, 1.165) is 48.5 Å². The summed E-state index contributed by atoms with van der Waals surface area (Å²) in [6, 6.07) is 10.5. The summed E-state index contributed by atoms with van der Waals surface area (Å²) in [5, 5.41) is 6.59. The zero-order valence-electron chi connectivity index (χ0n) is 15.1. The summed E-state index contributed by atoms with van der Waals surface area (Å²) in [6.07, 6.45) is 1.07. The summed E-state index contributed by atoms with van der Waals surface area (Å²) >= 11 is 3.58. The van der Waals surface area contributed by atoms with E-state index in [4.69, 9.17) is 4.99 Å². The Hall–Kier alpha value is -0.800. The summed E-state index contributed by atoms with van der Waals surface area (Å²) < 4.78 is 0. The van der Waals surface area contributed by atoms with Gasteiger partial charge in [0.05, 0.1) is 17.2 Å². The van der Waals surface area contributed by atoms with Gasteiger partial charge in [-0.15, -0.1) is 47.1 Å². The summed E-state index contributed by atoms with van der Waals surface area (Å²) in [5.41, 5.74) is 1.10. The van der Waals surface area contributed by atoms with Gasteiger partial charge in [-0.1, -0.05) is 18.2 Å². The highest BCUT2D eigenvalue weighted by molar-refractivity contribution is 14.0. The van der Waals surface area contributed by atoms with Gasteiger partial charge in [0.2, 0.25) is 0 Å². The lowest BCUT2D eigenvalue weighted by molar-refractivity contribution is 0.471. The normalized spacial score (nSPS) is 11.1. The van der Waals surface area contributed by atoms with Gasteiger partial charge in [0, 0.05) is 30.4 Å². The minimum atomic E-state index is 0. The van der Waals surface area contributed by atoms with E-state index in [9.17, 15) is 0 Å². The van der Waals surface area contributed by atoms with Crippen molar-refractivity contribution < 1.29 is 0 Å². The van der Waals surface area contributed by atoms with Crippen LogP contribution in [-0.4, -0.2) is 41.7 Å². The molecule has 2 aromatic rings. The predicted molar refractivity (Wildman–Crippen MR) is 121 cm³/mol. The van der Waals surface area contributed by atoms with Crippen LogP contribution in [0.4, 0.5) is 0 Å². The Balaban J connectivity index is 0.00000312. The molecule has 0 bridgehead atoms. The highest BCUT2D eigenvalue weighted by Crippen LogP contribution is 2.17. The number of hydrogen-bond donors (Lipinski definition) is 1. The van der Waals surface area contributed by atoms with E-state index in [2.05, 4.69) is 64.9 Å². The number of aromatic nitrogens is 1. The monoisotopic (exact) mass is 490 g/mol. The molecule has 0 spiro atoms. The van der Waals surface area contributed by atoms with Gasteiger partial charge in [-0.05, 0) is 38.2 Å². The van der Waals surface area contributed by atoms with Crippen LogP contribution in [0, 0.1) is 6.92 Å². The van der Waals surface area contributed by atoms with Crippen molar-refractivity contribution in [3.8, 4) is 0 Å². The second-order valence-electron chi connectivity index (χ2n) is 5.46.